The number of carboxylic acids is 1. The lowest BCUT2D eigenvalue weighted by molar-refractivity contribution is -0.144. The Labute approximate surface area is 121 Å². The van der Waals surface area contributed by atoms with Crippen LogP contribution in [0.2, 0.25) is 0 Å². The summed E-state index contributed by atoms with van der Waals surface area (Å²) in [5.41, 5.74) is 2.14. The van der Waals surface area contributed by atoms with Crippen LogP contribution in [0.4, 0.5) is 0 Å². The molecule has 1 aromatic carbocycles. The standard InChI is InChI=1S/C16H24N2O2/c1-3-17(4-2)11-12-18-10-9-13-7-5-6-8-14(13)15(18)16(19)20/h5-8,15H,3-4,9-12H2,1-2H3,(H,19,20). The van der Waals surface area contributed by atoms with E-state index in [-0.39, 0.29) is 0 Å². The minimum Gasteiger partial charge on any atom is -0.480 e. The Morgan fingerprint density at radius 1 is 1.35 bits per heavy atom. The number of hydrogen-bond donors (Lipinski definition) is 1. The van der Waals surface area contributed by atoms with Gasteiger partial charge in [-0.25, -0.2) is 0 Å². The molecule has 0 bridgehead atoms. The third-order valence-corrected chi connectivity index (χ3v) is 4.21. The quantitative estimate of drug-likeness (QED) is 0.863. The molecule has 1 unspecified atom stereocenters. The van der Waals surface area contributed by atoms with Crippen LogP contribution >= 0.6 is 0 Å². The third kappa shape index (κ3) is 3.19. The van der Waals surface area contributed by atoms with E-state index < -0.39 is 12.0 Å². The molecule has 1 aliphatic rings. The molecule has 0 aliphatic carbocycles. The highest BCUT2D eigenvalue weighted by Gasteiger charge is 2.32. The molecule has 2 rings (SSSR count). The lowest BCUT2D eigenvalue weighted by Gasteiger charge is -2.35. The van der Waals surface area contributed by atoms with Crippen LogP contribution in [0.25, 0.3) is 0 Å². The largest absolute Gasteiger partial charge is 0.480 e. The summed E-state index contributed by atoms with van der Waals surface area (Å²) in [7, 11) is 0. The van der Waals surface area contributed by atoms with E-state index in [2.05, 4.69) is 23.6 Å². The van der Waals surface area contributed by atoms with E-state index in [0.29, 0.717) is 0 Å². The smallest absolute Gasteiger partial charge is 0.325 e. The first-order valence-electron chi connectivity index (χ1n) is 7.44. The average Bonchev–Trinajstić information content (AvgIpc) is 2.47. The summed E-state index contributed by atoms with van der Waals surface area (Å²) in [6.45, 7) is 8.88. The van der Waals surface area contributed by atoms with Gasteiger partial charge >= 0.3 is 5.97 Å². The molecule has 1 atom stereocenters. The van der Waals surface area contributed by atoms with Gasteiger partial charge in [-0.2, -0.15) is 0 Å². The number of hydrogen-bond acceptors (Lipinski definition) is 3. The van der Waals surface area contributed by atoms with Crippen molar-refractivity contribution in [3.05, 3.63) is 35.4 Å². The van der Waals surface area contributed by atoms with Crippen LogP contribution in [0.15, 0.2) is 24.3 Å². The Morgan fingerprint density at radius 2 is 2.05 bits per heavy atom. The second-order valence-corrected chi connectivity index (χ2v) is 5.25. The maximum Gasteiger partial charge on any atom is 0.325 e. The van der Waals surface area contributed by atoms with E-state index in [1.54, 1.807) is 0 Å². The minimum absolute atomic E-state index is 0.490. The van der Waals surface area contributed by atoms with E-state index in [1.165, 1.54) is 5.56 Å². The lowest BCUT2D eigenvalue weighted by atomic mass is 9.92. The normalized spacial score (nSPS) is 19.1. The van der Waals surface area contributed by atoms with Crippen molar-refractivity contribution in [1.82, 2.24) is 9.80 Å². The van der Waals surface area contributed by atoms with Crippen molar-refractivity contribution in [1.29, 1.82) is 0 Å². The molecule has 1 aromatic rings. The van der Waals surface area contributed by atoms with Gasteiger partial charge in [0.15, 0.2) is 0 Å². The summed E-state index contributed by atoms with van der Waals surface area (Å²) in [5, 5.41) is 9.58. The van der Waals surface area contributed by atoms with E-state index >= 15 is 0 Å². The molecule has 0 amide bonds. The predicted molar refractivity (Wildman–Crippen MR) is 79.9 cm³/mol. The van der Waals surface area contributed by atoms with Crippen molar-refractivity contribution in [3.63, 3.8) is 0 Å². The molecule has 1 heterocycles. The van der Waals surface area contributed by atoms with Crippen LogP contribution in [-0.4, -0.2) is 53.6 Å². The number of likely N-dealkylation sites (N-methyl/N-ethyl adjacent to an activating group) is 1. The van der Waals surface area contributed by atoms with Crippen molar-refractivity contribution in [2.75, 3.05) is 32.7 Å². The molecule has 0 saturated heterocycles. The van der Waals surface area contributed by atoms with Gasteiger partial charge in [-0.1, -0.05) is 38.1 Å². The number of fused-ring (bicyclic) bond motifs is 1. The van der Waals surface area contributed by atoms with Gasteiger partial charge < -0.3 is 10.0 Å². The molecule has 4 heteroatoms. The fourth-order valence-corrected chi connectivity index (χ4v) is 2.96. The summed E-state index contributed by atoms with van der Waals surface area (Å²) >= 11 is 0. The highest BCUT2D eigenvalue weighted by molar-refractivity contribution is 5.76. The molecule has 20 heavy (non-hydrogen) atoms. The maximum atomic E-state index is 11.7. The molecule has 0 radical (unpaired) electrons. The molecule has 0 aromatic heterocycles. The maximum absolute atomic E-state index is 11.7. The van der Waals surface area contributed by atoms with Gasteiger partial charge in [-0.3, -0.25) is 9.69 Å². The fourth-order valence-electron chi connectivity index (χ4n) is 2.96. The first-order valence-corrected chi connectivity index (χ1v) is 7.44. The Balaban J connectivity index is 2.12. The zero-order chi connectivity index (χ0) is 14.5. The number of carbonyl (C=O) groups is 1. The first kappa shape index (κ1) is 15.0. The lowest BCUT2D eigenvalue weighted by Crippen LogP contribution is -2.43. The molecule has 1 aliphatic heterocycles. The number of carboxylic acid groups (broad SMARTS) is 1. The monoisotopic (exact) mass is 276 g/mol. The molecular formula is C16H24N2O2. The Morgan fingerprint density at radius 3 is 2.70 bits per heavy atom. The third-order valence-electron chi connectivity index (χ3n) is 4.21. The average molecular weight is 276 g/mol. The van der Waals surface area contributed by atoms with Gasteiger partial charge in [0.2, 0.25) is 0 Å². The molecule has 110 valence electrons. The second-order valence-electron chi connectivity index (χ2n) is 5.25. The summed E-state index contributed by atoms with van der Waals surface area (Å²) < 4.78 is 0. The Hall–Kier alpha value is -1.39. The molecule has 0 spiro atoms. The molecule has 0 fully saturated rings. The van der Waals surface area contributed by atoms with Gasteiger partial charge in [0, 0.05) is 19.6 Å². The van der Waals surface area contributed by atoms with Crippen LogP contribution in [0.1, 0.15) is 31.0 Å². The minimum atomic E-state index is -0.739. The van der Waals surface area contributed by atoms with Crippen molar-refractivity contribution >= 4 is 5.97 Å². The number of nitrogens with zero attached hydrogens (tertiary/aromatic N) is 2. The van der Waals surface area contributed by atoms with Crippen molar-refractivity contribution in [3.8, 4) is 0 Å². The summed E-state index contributed by atoms with van der Waals surface area (Å²) in [6, 6.07) is 7.44. The van der Waals surface area contributed by atoms with E-state index in [9.17, 15) is 9.90 Å². The van der Waals surface area contributed by atoms with Crippen LogP contribution in [0.5, 0.6) is 0 Å². The second kappa shape index (κ2) is 6.86. The number of aliphatic carboxylic acids is 1. The van der Waals surface area contributed by atoms with Gasteiger partial charge in [0.25, 0.3) is 0 Å². The van der Waals surface area contributed by atoms with Gasteiger partial charge in [0.1, 0.15) is 6.04 Å². The molecule has 1 N–H and O–H groups in total. The highest BCUT2D eigenvalue weighted by atomic mass is 16.4. The molecule has 4 nitrogen and oxygen atoms in total. The zero-order valence-electron chi connectivity index (χ0n) is 12.4. The van der Waals surface area contributed by atoms with Crippen molar-refractivity contribution < 1.29 is 9.90 Å². The van der Waals surface area contributed by atoms with Crippen LogP contribution in [-0.2, 0) is 11.2 Å². The number of benzene rings is 1. The van der Waals surface area contributed by atoms with Gasteiger partial charge in [-0.15, -0.1) is 0 Å². The highest BCUT2D eigenvalue weighted by Crippen LogP contribution is 2.29. The van der Waals surface area contributed by atoms with Gasteiger partial charge in [0.05, 0.1) is 0 Å². The van der Waals surface area contributed by atoms with Crippen molar-refractivity contribution in [2.24, 2.45) is 0 Å². The zero-order valence-corrected chi connectivity index (χ0v) is 12.4. The van der Waals surface area contributed by atoms with E-state index in [4.69, 9.17) is 0 Å². The van der Waals surface area contributed by atoms with E-state index in [1.807, 2.05) is 24.3 Å². The number of rotatable bonds is 6. The summed E-state index contributed by atoms with van der Waals surface area (Å²) in [6.07, 6.45) is 0.943. The van der Waals surface area contributed by atoms with Crippen LogP contribution in [0, 0.1) is 0 Å². The summed E-state index contributed by atoms with van der Waals surface area (Å²) in [5.74, 6) is -0.739. The Kier molecular flexibility index (Phi) is 5.15. The predicted octanol–water partition coefficient (Wildman–Crippen LogP) is 2.01. The van der Waals surface area contributed by atoms with Crippen molar-refractivity contribution in [2.45, 2.75) is 26.3 Å². The Bertz CT molecular complexity index is 458. The van der Waals surface area contributed by atoms with Crippen LogP contribution < -0.4 is 0 Å². The fraction of sp³-hybridized carbons (Fsp3) is 0.562. The first-order chi connectivity index (χ1) is 9.67. The SMILES string of the molecule is CCN(CC)CCN1CCc2ccccc2C1C(=O)O. The molecule has 0 saturated carbocycles. The van der Waals surface area contributed by atoms with Gasteiger partial charge in [-0.05, 0) is 30.6 Å². The topological polar surface area (TPSA) is 43.8 Å². The van der Waals surface area contributed by atoms with Crippen LogP contribution in [0.3, 0.4) is 0 Å². The van der Waals surface area contributed by atoms with E-state index in [0.717, 1.165) is 44.7 Å². The molecular weight excluding hydrogens is 252 g/mol. The summed E-state index contributed by atoms with van der Waals surface area (Å²) in [4.78, 5) is 16.1.